The zero-order valence-corrected chi connectivity index (χ0v) is 16.3. The summed E-state index contributed by atoms with van der Waals surface area (Å²) < 4.78 is 10.5. The Morgan fingerprint density at radius 2 is 1.73 bits per heavy atom. The fourth-order valence-corrected chi connectivity index (χ4v) is 3.27. The molecule has 0 aromatic heterocycles. The maximum atomic E-state index is 13.2. The van der Waals surface area contributed by atoms with Crippen LogP contribution in [-0.4, -0.2) is 34.9 Å². The van der Waals surface area contributed by atoms with E-state index in [1.807, 2.05) is 44.2 Å². The van der Waals surface area contributed by atoms with E-state index in [9.17, 15) is 9.59 Å². The first-order valence-corrected chi connectivity index (χ1v) is 8.26. The van der Waals surface area contributed by atoms with Gasteiger partial charge in [0.15, 0.2) is 5.78 Å². The maximum Gasteiger partial charge on any atom is 0.319 e. The van der Waals surface area contributed by atoms with Crippen molar-refractivity contribution in [1.29, 1.82) is 0 Å². The maximum absolute atomic E-state index is 13.2. The minimum Gasteiger partial charge on any atom is -0.468 e. The summed E-state index contributed by atoms with van der Waals surface area (Å²) in [5, 5.41) is 0. The molecule has 0 aliphatic rings. The first kappa shape index (κ1) is 18.6. The van der Waals surface area contributed by atoms with Crippen LogP contribution >= 0.6 is 0 Å². The normalized spacial score (nSPS) is 16.8. The third-order valence-electron chi connectivity index (χ3n) is 4.51. The van der Waals surface area contributed by atoms with Gasteiger partial charge in [0.2, 0.25) is 0 Å². The van der Waals surface area contributed by atoms with E-state index in [4.69, 9.17) is 9.16 Å². The Kier molecular flexibility index (Phi) is 6.08. The van der Waals surface area contributed by atoms with Gasteiger partial charge >= 0.3 is 5.97 Å². The molecule has 1 aromatic carbocycles. The number of hydrogen-bond donors (Lipinski definition) is 0. The summed E-state index contributed by atoms with van der Waals surface area (Å²) >= 11 is 0. The van der Waals surface area contributed by atoms with Gasteiger partial charge in [0, 0.05) is 0 Å². The summed E-state index contributed by atoms with van der Waals surface area (Å²) in [6, 6.07) is 9.50. The van der Waals surface area contributed by atoms with Crippen molar-refractivity contribution in [1.82, 2.24) is 0 Å². The van der Waals surface area contributed by atoms with E-state index in [0.29, 0.717) is 16.9 Å². The highest BCUT2D eigenvalue weighted by Crippen LogP contribution is 2.35. The summed E-state index contributed by atoms with van der Waals surface area (Å²) in [5.74, 6) is -0.773. The largest absolute Gasteiger partial charge is 0.468 e. The Hall–Kier alpha value is -1.46. The standard InChI is InChI=1S/C17H26O4Si/c1-12(2)17(4,21-22)14(18)16(3,15(19)20-5)11-13-9-7-6-8-10-13/h6-10,12H,11H2,1-5,22H3. The molecule has 0 saturated heterocycles. The molecular formula is C17H26O4Si. The Bertz CT molecular complexity index is 529. The zero-order chi connectivity index (χ0) is 17.0. The topological polar surface area (TPSA) is 52.6 Å². The smallest absolute Gasteiger partial charge is 0.319 e. The Labute approximate surface area is 135 Å². The zero-order valence-electron chi connectivity index (χ0n) is 14.3. The van der Waals surface area contributed by atoms with E-state index in [1.54, 1.807) is 13.8 Å². The molecule has 0 radical (unpaired) electrons. The van der Waals surface area contributed by atoms with Gasteiger partial charge in [-0.25, -0.2) is 0 Å². The molecule has 22 heavy (non-hydrogen) atoms. The van der Waals surface area contributed by atoms with Gasteiger partial charge in [-0.05, 0) is 31.7 Å². The molecule has 0 heterocycles. The van der Waals surface area contributed by atoms with Crippen molar-refractivity contribution in [2.75, 3.05) is 7.11 Å². The molecule has 4 nitrogen and oxygen atoms in total. The minimum absolute atomic E-state index is 0.0303. The summed E-state index contributed by atoms with van der Waals surface area (Å²) in [6.07, 6.45) is 0.298. The Balaban J connectivity index is 3.28. The third kappa shape index (κ3) is 3.47. The average molecular weight is 322 g/mol. The number of Topliss-reactive ketones (excluding diaryl/α,β-unsaturated/α-hetero) is 1. The van der Waals surface area contributed by atoms with E-state index >= 15 is 0 Å². The summed E-state index contributed by atoms with van der Waals surface area (Å²) in [7, 11) is 1.74. The van der Waals surface area contributed by atoms with Crippen LogP contribution in [0.1, 0.15) is 33.3 Å². The second-order valence-electron chi connectivity index (χ2n) is 6.28. The number of methoxy groups -OCH3 is 1. The first-order valence-electron chi connectivity index (χ1n) is 7.44. The highest BCUT2D eigenvalue weighted by Gasteiger charge is 2.51. The van der Waals surface area contributed by atoms with Crippen LogP contribution in [0.15, 0.2) is 30.3 Å². The summed E-state index contributed by atoms with van der Waals surface area (Å²) in [6.45, 7) is 7.26. The number of ketones is 1. The third-order valence-corrected chi connectivity index (χ3v) is 5.36. The molecule has 0 amide bonds. The van der Waals surface area contributed by atoms with E-state index in [2.05, 4.69) is 0 Å². The SMILES string of the molecule is COC(=O)C(C)(Cc1ccccc1)C(=O)C(C)(O[SiH3])C(C)C. The number of carbonyl (C=O) groups is 2. The van der Waals surface area contributed by atoms with Gasteiger partial charge in [0.1, 0.15) is 21.5 Å². The molecular weight excluding hydrogens is 296 g/mol. The van der Waals surface area contributed by atoms with Gasteiger partial charge in [-0.15, -0.1) is 0 Å². The molecule has 0 fully saturated rings. The van der Waals surface area contributed by atoms with Crippen LogP contribution in [0, 0.1) is 11.3 Å². The van der Waals surface area contributed by atoms with Crippen molar-refractivity contribution in [3.8, 4) is 0 Å². The molecule has 0 aliphatic carbocycles. The van der Waals surface area contributed by atoms with Crippen molar-refractivity contribution >= 4 is 22.2 Å². The predicted octanol–water partition coefficient (Wildman–Crippen LogP) is 1.69. The van der Waals surface area contributed by atoms with Gasteiger partial charge in [-0.1, -0.05) is 44.2 Å². The van der Waals surface area contributed by atoms with Crippen LogP contribution < -0.4 is 0 Å². The van der Waals surface area contributed by atoms with Gasteiger partial charge in [0.25, 0.3) is 0 Å². The number of rotatable bonds is 7. The Morgan fingerprint density at radius 1 is 1.18 bits per heavy atom. The van der Waals surface area contributed by atoms with Gasteiger partial charge < -0.3 is 9.16 Å². The van der Waals surface area contributed by atoms with E-state index < -0.39 is 17.0 Å². The molecule has 5 heteroatoms. The molecule has 0 spiro atoms. The molecule has 0 bridgehead atoms. The van der Waals surface area contributed by atoms with Crippen LogP contribution in [0.5, 0.6) is 0 Å². The average Bonchev–Trinajstić information content (AvgIpc) is 2.52. The van der Waals surface area contributed by atoms with Crippen LogP contribution in [-0.2, 0) is 25.2 Å². The van der Waals surface area contributed by atoms with Crippen LogP contribution in [0.2, 0.25) is 0 Å². The highest BCUT2D eigenvalue weighted by atomic mass is 28.2. The van der Waals surface area contributed by atoms with Crippen molar-refractivity contribution < 1.29 is 18.8 Å². The van der Waals surface area contributed by atoms with Gasteiger partial charge in [0.05, 0.1) is 7.11 Å². The lowest BCUT2D eigenvalue weighted by Crippen LogP contribution is -2.54. The Morgan fingerprint density at radius 3 is 2.14 bits per heavy atom. The molecule has 0 aliphatic heterocycles. The first-order chi connectivity index (χ1) is 10.2. The quantitative estimate of drug-likeness (QED) is 0.435. The molecule has 2 atom stereocenters. The lowest BCUT2D eigenvalue weighted by atomic mass is 9.70. The molecule has 1 aromatic rings. The highest BCUT2D eigenvalue weighted by molar-refractivity contribution is 6.10. The lowest BCUT2D eigenvalue weighted by molar-refractivity contribution is -0.164. The second-order valence-corrected chi connectivity index (χ2v) is 6.69. The van der Waals surface area contributed by atoms with Crippen LogP contribution in [0.25, 0.3) is 0 Å². The monoisotopic (exact) mass is 322 g/mol. The predicted molar refractivity (Wildman–Crippen MR) is 89.5 cm³/mol. The van der Waals surface area contributed by atoms with E-state index in [1.165, 1.54) is 7.11 Å². The van der Waals surface area contributed by atoms with Crippen LogP contribution in [0.4, 0.5) is 0 Å². The van der Waals surface area contributed by atoms with Crippen LogP contribution in [0.3, 0.4) is 0 Å². The number of benzene rings is 1. The summed E-state index contributed by atoms with van der Waals surface area (Å²) in [5.41, 5.74) is -1.33. The fourth-order valence-electron chi connectivity index (χ4n) is 2.61. The molecule has 2 unspecified atom stereocenters. The molecule has 0 N–H and O–H groups in total. The molecule has 122 valence electrons. The van der Waals surface area contributed by atoms with E-state index in [0.717, 1.165) is 5.56 Å². The van der Waals surface area contributed by atoms with Crippen molar-refractivity contribution in [3.63, 3.8) is 0 Å². The van der Waals surface area contributed by atoms with Gasteiger partial charge in [-0.2, -0.15) is 0 Å². The number of ether oxygens (including phenoxy) is 1. The van der Waals surface area contributed by atoms with Crippen molar-refractivity contribution in [3.05, 3.63) is 35.9 Å². The second kappa shape index (κ2) is 7.20. The van der Waals surface area contributed by atoms with Gasteiger partial charge in [-0.3, -0.25) is 9.59 Å². The number of esters is 1. The van der Waals surface area contributed by atoms with Crippen molar-refractivity contribution in [2.45, 2.75) is 39.7 Å². The van der Waals surface area contributed by atoms with Crippen molar-refractivity contribution in [2.24, 2.45) is 11.3 Å². The van der Waals surface area contributed by atoms with E-state index in [-0.39, 0.29) is 11.7 Å². The number of carbonyl (C=O) groups excluding carboxylic acids is 2. The summed E-state index contributed by atoms with van der Waals surface area (Å²) in [4.78, 5) is 25.5. The molecule has 0 saturated carbocycles. The molecule has 1 rings (SSSR count). The lowest BCUT2D eigenvalue weighted by Gasteiger charge is -2.38. The minimum atomic E-state index is -1.26. The fraction of sp³-hybridized carbons (Fsp3) is 0.529. The number of hydrogen-bond acceptors (Lipinski definition) is 4.